The van der Waals surface area contributed by atoms with Crippen molar-refractivity contribution >= 4 is 22.9 Å². The maximum absolute atomic E-state index is 10.8. The van der Waals surface area contributed by atoms with Crippen LogP contribution in [0.5, 0.6) is 0 Å². The van der Waals surface area contributed by atoms with Crippen LogP contribution in [-0.4, -0.2) is 9.91 Å². The third-order valence-electron chi connectivity index (χ3n) is 2.43. The minimum atomic E-state index is -0.429. The van der Waals surface area contributed by atoms with Gasteiger partial charge in [-0.15, -0.1) is 0 Å². The predicted molar refractivity (Wildman–Crippen MR) is 69.8 cm³/mol. The standard InChI is InChI=1S/C12H12N4O2/c1-8-7-14-12(6-11(8)16(17)18)15-10-4-2-3-9(13)5-10/h2-7H,13H2,1H3,(H,14,15). The molecule has 0 atom stereocenters. The highest BCUT2D eigenvalue weighted by Gasteiger charge is 2.12. The van der Waals surface area contributed by atoms with Gasteiger partial charge in [0.15, 0.2) is 0 Å². The van der Waals surface area contributed by atoms with Crippen LogP contribution in [0.15, 0.2) is 36.5 Å². The minimum absolute atomic E-state index is 0.0383. The molecule has 0 radical (unpaired) electrons. The fraction of sp³-hybridized carbons (Fsp3) is 0.0833. The topological polar surface area (TPSA) is 94.1 Å². The third kappa shape index (κ3) is 2.54. The Labute approximate surface area is 104 Å². The molecule has 0 aliphatic carbocycles. The largest absolute Gasteiger partial charge is 0.399 e. The molecule has 18 heavy (non-hydrogen) atoms. The normalized spacial score (nSPS) is 10.1. The van der Waals surface area contributed by atoms with Crippen molar-refractivity contribution in [1.82, 2.24) is 4.98 Å². The fourth-order valence-electron chi connectivity index (χ4n) is 1.54. The first kappa shape index (κ1) is 11.8. The number of nitrogens with zero attached hydrogens (tertiary/aromatic N) is 2. The first-order valence-corrected chi connectivity index (χ1v) is 5.30. The van der Waals surface area contributed by atoms with Gasteiger partial charge in [0, 0.05) is 23.1 Å². The Morgan fingerprint density at radius 3 is 2.83 bits per heavy atom. The molecular formula is C12H12N4O2. The van der Waals surface area contributed by atoms with E-state index in [1.807, 2.05) is 6.07 Å². The van der Waals surface area contributed by atoms with E-state index in [2.05, 4.69) is 10.3 Å². The maximum atomic E-state index is 10.8. The van der Waals surface area contributed by atoms with Crippen molar-refractivity contribution in [1.29, 1.82) is 0 Å². The Balaban J connectivity index is 2.30. The van der Waals surface area contributed by atoms with Gasteiger partial charge in [0.25, 0.3) is 5.69 Å². The Morgan fingerprint density at radius 2 is 2.17 bits per heavy atom. The molecule has 0 saturated carbocycles. The van der Waals surface area contributed by atoms with Crippen LogP contribution in [0, 0.1) is 17.0 Å². The van der Waals surface area contributed by atoms with Gasteiger partial charge in [0.05, 0.1) is 11.0 Å². The van der Waals surface area contributed by atoms with Crippen LogP contribution in [0.25, 0.3) is 0 Å². The van der Waals surface area contributed by atoms with Gasteiger partial charge in [0.2, 0.25) is 0 Å². The highest BCUT2D eigenvalue weighted by molar-refractivity contribution is 5.63. The van der Waals surface area contributed by atoms with Crippen LogP contribution in [0.3, 0.4) is 0 Å². The lowest BCUT2D eigenvalue weighted by Gasteiger charge is -2.06. The number of aromatic nitrogens is 1. The molecule has 1 heterocycles. The monoisotopic (exact) mass is 244 g/mol. The molecule has 1 aromatic heterocycles. The van der Waals surface area contributed by atoms with E-state index in [1.165, 1.54) is 12.3 Å². The molecule has 0 amide bonds. The van der Waals surface area contributed by atoms with Crippen LogP contribution in [0.1, 0.15) is 5.56 Å². The summed E-state index contributed by atoms with van der Waals surface area (Å²) in [5.41, 5.74) is 7.56. The van der Waals surface area contributed by atoms with E-state index in [4.69, 9.17) is 5.73 Å². The zero-order chi connectivity index (χ0) is 13.1. The lowest BCUT2D eigenvalue weighted by Crippen LogP contribution is -1.98. The Morgan fingerprint density at radius 1 is 1.39 bits per heavy atom. The number of rotatable bonds is 3. The van der Waals surface area contributed by atoms with E-state index in [1.54, 1.807) is 25.1 Å². The van der Waals surface area contributed by atoms with Gasteiger partial charge in [-0.05, 0) is 25.1 Å². The van der Waals surface area contributed by atoms with Gasteiger partial charge < -0.3 is 11.1 Å². The summed E-state index contributed by atoms with van der Waals surface area (Å²) in [6, 6.07) is 8.49. The van der Waals surface area contributed by atoms with Gasteiger partial charge in [-0.1, -0.05) is 6.07 Å². The zero-order valence-electron chi connectivity index (χ0n) is 9.75. The van der Waals surface area contributed by atoms with Crippen molar-refractivity contribution in [2.75, 3.05) is 11.1 Å². The van der Waals surface area contributed by atoms with Gasteiger partial charge in [-0.25, -0.2) is 4.98 Å². The molecule has 0 saturated heterocycles. The average molecular weight is 244 g/mol. The molecule has 6 nitrogen and oxygen atoms in total. The molecule has 2 aromatic rings. The minimum Gasteiger partial charge on any atom is -0.399 e. The van der Waals surface area contributed by atoms with Crippen molar-refractivity contribution in [3.05, 3.63) is 52.2 Å². The molecule has 2 rings (SSSR count). The quantitative estimate of drug-likeness (QED) is 0.491. The summed E-state index contributed by atoms with van der Waals surface area (Å²) in [5.74, 6) is 0.415. The molecule has 6 heteroatoms. The summed E-state index contributed by atoms with van der Waals surface area (Å²) in [4.78, 5) is 14.5. The number of pyridine rings is 1. The fourth-order valence-corrected chi connectivity index (χ4v) is 1.54. The first-order chi connectivity index (χ1) is 8.56. The van der Waals surface area contributed by atoms with Crippen LogP contribution in [0.4, 0.5) is 22.9 Å². The third-order valence-corrected chi connectivity index (χ3v) is 2.43. The Hall–Kier alpha value is -2.63. The molecule has 0 unspecified atom stereocenters. The van der Waals surface area contributed by atoms with Gasteiger partial charge in [0.1, 0.15) is 5.82 Å². The number of hydrogen-bond donors (Lipinski definition) is 2. The van der Waals surface area contributed by atoms with E-state index >= 15 is 0 Å². The average Bonchev–Trinajstić information content (AvgIpc) is 2.31. The Kier molecular flexibility index (Phi) is 3.09. The molecule has 0 aliphatic rings. The van der Waals surface area contributed by atoms with Crippen LogP contribution < -0.4 is 11.1 Å². The molecule has 0 fully saturated rings. The number of nitrogens with two attached hydrogens (primary N) is 1. The zero-order valence-corrected chi connectivity index (χ0v) is 9.75. The van der Waals surface area contributed by atoms with Crippen LogP contribution in [0.2, 0.25) is 0 Å². The molecule has 0 aliphatic heterocycles. The van der Waals surface area contributed by atoms with E-state index in [-0.39, 0.29) is 5.69 Å². The highest BCUT2D eigenvalue weighted by Crippen LogP contribution is 2.23. The van der Waals surface area contributed by atoms with Crippen molar-refractivity contribution in [2.24, 2.45) is 0 Å². The summed E-state index contributed by atoms with van der Waals surface area (Å²) in [7, 11) is 0. The van der Waals surface area contributed by atoms with Crippen molar-refractivity contribution in [3.8, 4) is 0 Å². The van der Waals surface area contributed by atoms with Gasteiger partial charge in [-0.2, -0.15) is 0 Å². The molecule has 1 aromatic carbocycles. The van der Waals surface area contributed by atoms with Crippen molar-refractivity contribution < 1.29 is 4.92 Å². The van der Waals surface area contributed by atoms with Gasteiger partial charge >= 0.3 is 0 Å². The van der Waals surface area contributed by atoms with E-state index in [0.717, 1.165) is 5.69 Å². The smallest absolute Gasteiger partial charge is 0.277 e. The molecule has 3 N–H and O–H groups in total. The van der Waals surface area contributed by atoms with E-state index < -0.39 is 4.92 Å². The van der Waals surface area contributed by atoms with Crippen LogP contribution >= 0.6 is 0 Å². The van der Waals surface area contributed by atoms with Crippen molar-refractivity contribution in [2.45, 2.75) is 6.92 Å². The molecule has 92 valence electrons. The lowest BCUT2D eigenvalue weighted by molar-refractivity contribution is -0.385. The molecule has 0 spiro atoms. The maximum Gasteiger partial charge on any atom is 0.277 e. The van der Waals surface area contributed by atoms with Crippen molar-refractivity contribution in [3.63, 3.8) is 0 Å². The van der Waals surface area contributed by atoms with E-state index in [0.29, 0.717) is 17.1 Å². The predicted octanol–water partition coefficient (Wildman–Crippen LogP) is 2.62. The SMILES string of the molecule is Cc1cnc(Nc2cccc(N)c2)cc1[N+](=O)[O-]. The second-order valence-electron chi connectivity index (χ2n) is 3.86. The number of hydrogen-bond acceptors (Lipinski definition) is 5. The number of aryl methyl sites for hydroxylation is 1. The lowest BCUT2D eigenvalue weighted by atomic mass is 10.2. The summed E-state index contributed by atoms with van der Waals surface area (Å²) in [5, 5.41) is 13.8. The number of benzene rings is 1. The van der Waals surface area contributed by atoms with Crippen LogP contribution in [-0.2, 0) is 0 Å². The first-order valence-electron chi connectivity index (χ1n) is 5.30. The summed E-state index contributed by atoms with van der Waals surface area (Å²) >= 11 is 0. The number of nitrogens with one attached hydrogen (secondary N) is 1. The van der Waals surface area contributed by atoms with E-state index in [9.17, 15) is 10.1 Å². The highest BCUT2D eigenvalue weighted by atomic mass is 16.6. The number of nitro groups is 1. The van der Waals surface area contributed by atoms with Gasteiger partial charge in [-0.3, -0.25) is 10.1 Å². The summed E-state index contributed by atoms with van der Waals surface area (Å²) < 4.78 is 0. The summed E-state index contributed by atoms with van der Waals surface area (Å²) in [6.45, 7) is 1.65. The Bertz CT molecular complexity index is 598. The molecule has 0 bridgehead atoms. The second-order valence-corrected chi connectivity index (χ2v) is 3.86. The molecular weight excluding hydrogens is 232 g/mol. The summed E-state index contributed by atoms with van der Waals surface area (Å²) in [6.07, 6.45) is 1.47. The number of nitrogen functional groups attached to an aromatic ring is 1. The number of anilines is 3. The second kappa shape index (κ2) is 4.70.